The van der Waals surface area contributed by atoms with Crippen LogP contribution in [0.1, 0.15) is 5.56 Å². The molecule has 0 amide bonds. The molecule has 0 aliphatic rings. The SMILES string of the molecule is N#C/C=C/C(F)=C/c1ccccc1. The number of benzene rings is 1. The minimum Gasteiger partial charge on any atom is -0.207 e. The third kappa shape index (κ3) is 3.35. The number of allylic oxidation sites excluding steroid dienone is 3. The van der Waals surface area contributed by atoms with E-state index in [9.17, 15) is 4.39 Å². The highest BCUT2D eigenvalue weighted by molar-refractivity contribution is 5.53. The monoisotopic (exact) mass is 173 g/mol. The van der Waals surface area contributed by atoms with Gasteiger partial charge in [-0.1, -0.05) is 30.3 Å². The van der Waals surface area contributed by atoms with E-state index >= 15 is 0 Å². The Hall–Kier alpha value is -1.88. The highest BCUT2D eigenvalue weighted by Gasteiger charge is 1.88. The summed E-state index contributed by atoms with van der Waals surface area (Å²) in [5, 5.41) is 8.15. The van der Waals surface area contributed by atoms with Gasteiger partial charge < -0.3 is 0 Å². The van der Waals surface area contributed by atoms with Crippen LogP contribution in [-0.2, 0) is 0 Å². The number of rotatable bonds is 2. The van der Waals surface area contributed by atoms with Gasteiger partial charge in [-0.25, -0.2) is 4.39 Å². The Morgan fingerprint density at radius 1 is 1.31 bits per heavy atom. The van der Waals surface area contributed by atoms with Crippen molar-refractivity contribution in [2.75, 3.05) is 0 Å². The highest BCUT2D eigenvalue weighted by atomic mass is 19.1. The molecule has 0 atom stereocenters. The van der Waals surface area contributed by atoms with Gasteiger partial charge in [0.15, 0.2) is 0 Å². The van der Waals surface area contributed by atoms with E-state index in [1.54, 1.807) is 18.2 Å². The van der Waals surface area contributed by atoms with Gasteiger partial charge in [-0.3, -0.25) is 0 Å². The molecule has 2 heteroatoms. The van der Waals surface area contributed by atoms with Crippen molar-refractivity contribution in [3.8, 4) is 6.07 Å². The van der Waals surface area contributed by atoms with Crippen molar-refractivity contribution in [2.45, 2.75) is 0 Å². The van der Waals surface area contributed by atoms with Gasteiger partial charge in [-0.15, -0.1) is 0 Å². The van der Waals surface area contributed by atoms with Crippen LogP contribution in [0.25, 0.3) is 6.08 Å². The van der Waals surface area contributed by atoms with Gasteiger partial charge in [-0.05, 0) is 17.7 Å². The van der Waals surface area contributed by atoms with Crippen molar-refractivity contribution >= 4 is 6.08 Å². The Morgan fingerprint density at radius 3 is 2.62 bits per heavy atom. The molecule has 0 saturated heterocycles. The van der Waals surface area contributed by atoms with Gasteiger partial charge in [0.1, 0.15) is 5.83 Å². The van der Waals surface area contributed by atoms with Crippen LogP contribution < -0.4 is 0 Å². The fourth-order valence-corrected chi connectivity index (χ4v) is 0.873. The summed E-state index contributed by atoms with van der Waals surface area (Å²) in [6, 6.07) is 10.8. The lowest BCUT2D eigenvalue weighted by atomic mass is 10.2. The van der Waals surface area contributed by atoms with E-state index in [-0.39, 0.29) is 0 Å². The molecule has 0 N–H and O–H groups in total. The van der Waals surface area contributed by atoms with Crippen LogP contribution in [0.5, 0.6) is 0 Å². The summed E-state index contributed by atoms with van der Waals surface area (Å²) in [5.74, 6) is -0.423. The summed E-state index contributed by atoms with van der Waals surface area (Å²) in [7, 11) is 0. The van der Waals surface area contributed by atoms with E-state index in [2.05, 4.69) is 0 Å². The van der Waals surface area contributed by atoms with Crippen molar-refractivity contribution in [2.24, 2.45) is 0 Å². The zero-order valence-electron chi connectivity index (χ0n) is 6.94. The molecular weight excluding hydrogens is 165 g/mol. The van der Waals surface area contributed by atoms with Crippen LogP contribution in [0.2, 0.25) is 0 Å². The van der Waals surface area contributed by atoms with Crippen molar-refractivity contribution in [3.05, 3.63) is 53.9 Å². The van der Waals surface area contributed by atoms with Gasteiger partial charge in [0.05, 0.1) is 6.07 Å². The first-order chi connectivity index (χ1) is 6.33. The first-order valence-corrected chi connectivity index (χ1v) is 3.81. The van der Waals surface area contributed by atoms with Crippen LogP contribution in [0.4, 0.5) is 4.39 Å². The number of nitrogens with zero attached hydrogens (tertiary/aromatic N) is 1. The van der Waals surface area contributed by atoms with Gasteiger partial charge in [0.2, 0.25) is 0 Å². The number of nitriles is 1. The summed E-state index contributed by atoms with van der Waals surface area (Å²) in [4.78, 5) is 0. The van der Waals surface area contributed by atoms with Crippen molar-refractivity contribution in [1.82, 2.24) is 0 Å². The summed E-state index contributed by atoms with van der Waals surface area (Å²) >= 11 is 0. The van der Waals surface area contributed by atoms with Crippen LogP contribution in [0, 0.1) is 11.3 Å². The lowest BCUT2D eigenvalue weighted by Crippen LogP contribution is -1.70. The predicted molar refractivity (Wildman–Crippen MR) is 50.3 cm³/mol. The molecule has 1 nitrogen and oxygen atoms in total. The highest BCUT2D eigenvalue weighted by Crippen LogP contribution is 2.08. The number of hydrogen-bond acceptors (Lipinski definition) is 1. The van der Waals surface area contributed by atoms with Gasteiger partial charge in [-0.2, -0.15) is 5.26 Å². The van der Waals surface area contributed by atoms with E-state index in [1.165, 1.54) is 6.08 Å². The molecule has 1 aromatic carbocycles. The van der Waals surface area contributed by atoms with Crippen LogP contribution in [-0.4, -0.2) is 0 Å². The van der Waals surface area contributed by atoms with Crippen molar-refractivity contribution < 1.29 is 4.39 Å². The molecule has 0 heterocycles. The normalized spacial score (nSPS) is 11.5. The molecule has 0 spiro atoms. The molecule has 0 aliphatic carbocycles. The van der Waals surface area contributed by atoms with E-state index in [1.807, 2.05) is 18.2 Å². The molecule has 0 aromatic heterocycles. The first-order valence-electron chi connectivity index (χ1n) is 3.81. The Labute approximate surface area is 76.4 Å². The van der Waals surface area contributed by atoms with Gasteiger partial charge in [0, 0.05) is 6.08 Å². The molecular formula is C11H8FN. The third-order valence-corrected chi connectivity index (χ3v) is 1.42. The van der Waals surface area contributed by atoms with E-state index < -0.39 is 5.83 Å². The van der Waals surface area contributed by atoms with Gasteiger partial charge >= 0.3 is 0 Å². The average molecular weight is 173 g/mol. The zero-order chi connectivity index (χ0) is 9.52. The van der Waals surface area contributed by atoms with Crippen molar-refractivity contribution in [3.63, 3.8) is 0 Å². The summed E-state index contributed by atoms with van der Waals surface area (Å²) in [5.41, 5.74) is 0.780. The molecule has 1 aromatic rings. The molecule has 1 rings (SSSR count). The molecule has 0 unspecified atom stereocenters. The van der Waals surface area contributed by atoms with Crippen LogP contribution in [0.3, 0.4) is 0 Å². The van der Waals surface area contributed by atoms with Crippen molar-refractivity contribution in [1.29, 1.82) is 5.26 Å². The zero-order valence-corrected chi connectivity index (χ0v) is 6.94. The van der Waals surface area contributed by atoms with E-state index in [0.29, 0.717) is 0 Å². The summed E-state index contributed by atoms with van der Waals surface area (Å²) < 4.78 is 12.9. The summed E-state index contributed by atoms with van der Waals surface area (Å²) in [6.45, 7) is 0. The van der Waals surface area contributed by atoms with E-state index in [4.69, 9.17) is 5.26 Å². The Morgan fingerprint density at radius 2 is 2.00 bits per heavy atom. The smallest absolute Gasteiger partial charge is 0.124 e. The Kier molecular flexibility index (Phi) is 3.46. The topological polar surface area (TPSA) is 23.8 Å². The molecule has 0 aliphatic heterocycles. The first kappa shape index (κ1) is 9.21. The second kappa shape index (κ2) is 4.89. The van der Waals surface area contributed by atoms with E-state index in [0.717, 1.165) is 17.7 Å². The second-order valence-corrected chi connectivity index (χ2v) is 2.40. The lowest BCUT2D eigenvalue weighted by Gasteiger charge is -1.90. The molecule has 0 bridgehead atoms. The maximum absolute atomic E-state index is 12.9. The average Bonchev–Trinajstić information content (AvgIpc) is 2.16. The standard InChI is InChI=1S/C11H8FN/c12-11(7-4-8-13)9-10-5-2-1-3-6-10/h1-7,9H/b7-4+,11-9-. The number of hydrogen-bond donors (Lipinski definition) is 0. The molecule has 13 heavy (non-hydrogen) atoms. The summed E-state index contributed by atoms with van der Waals surface area (Å²) in [6.07, 6.45) is 3.61. The van der Waals surface area contributed by atoms with Crippen LogP contribution >= 0.6 is 0 Å². The molecule has 0 radical (unpaired) electrons. The fourth-order valence-electron chi connectivity index (χ4n) is 0.873. The third-order valence-electron chi connectivity index (χ3n) is 1.42. The van der Waals surface area contributed by atoms with Crippen LogP contribution in [0.15, 0.2) is 48.3 Å². The largest absolute Gasteiger partial charge is 0.207 e. The molecule has 0 fully saturated rings. The minimum atomic E-state index is -0.423. The Bertz CT molecular complexity index is 357. The Balaban J connectivity index is 2.78. The predicted octanol–water partition coefficient (Wildman–Crippen LogP) is 3.08. The molecule has 64 valence electrons. The second-order valence-electron chi connectivity index (χ2n) is 2.40. The number of halogens is 1. The maximum atomic E-state index is 12.9. The molecule has 0 saturated carbocycles. The fraction of sp³-hybridized carbons (Fsp3) is 0. The maximum Gasteiger partial charge on any atom is 0.124 e. The lowest BCUT2D eigenvalue weighted by molar-refractivity contribution is 0.674. The van der Waals surface area contributed by atoms with Gasteiger partial charge in [0.25, 0.3) is 0 Å². The minimum absolute atomic E-state index is 0.423. The quantitative estimate of drug-likeness (QED) is 0.498.